The largest absolute Gasteiger partial charge is 0.378 e. The quantitative estimate of drug-likeness (QED) is 0.901. The summed E-state index contributed by atoms with van der Waals surface area (Å²) < 4.78 is 7.46. The maximum atomic E-state index is 12.3. The molecule has 2 aromatic heterocycles. The number of amides is 1. The topological polar surface area (TPSA) is 55.6 Å². The van der Waals surface area contributed by atoms with Crippen molar-refractivity contribution in [1.82, 2.24) is 14.7 Å². The van der Waals surface area contributed by atoms with Crippen molar-refractivity contribution in [3.63, 3.8) is 0 Å². The molecular weight excluding hydrogens is 254 g/mol. The van der Waals surface area contributed by atoms with Gasteiger partial charge in [0.25, 0.3) is 5.91 Å². The molecule has 2 aliphatic rings. The van der Waals surface area contributed by atoms with Crippen LogP contribution in [0.15, 0.2) is 24.5 Å². The van der Waals surface area contributed by atoms with Crippen LogP contribution in [0.25, 0.3) is 5.65 Å². The van der Waals surface area contributed by atoms with Gasteiger partial charge >= 0.3 is 0 Å². The maximum Gasteiger partial charge on any atom is 0.253 e. The lowest BCUT2D eigenvalue weighted by atomic mass is 9.76. The average Bonchev–Trinajstić information content (AvgIpc) is 2.96. The summed E-state index contributed by atoms with van der Waals surface area (Å²) in [5.41, 5.74) is 2.50. The molecule has 104 valence electrons. The zero-order valence-electron chi connectivity index (χ0n) is 11.4. The van der Waals surface area contributed by atoms with E-state index in [2.05, 4.69) is 10.3 Å². The number of aryl methyl sites for hydroxylation is 1. The first-order valence-electron chi connectivity index (χ1n) is 7.08. The Bertz CT molecular complexity index is 679. The minimum absolute atomic E-state index is 0.00592. The van der Waals surface area contributed by atoms with Crippen LogP contribution in [0.1, 0.15) is 28.9 Å². The van der Waals surface area contributed by atoms with Gasteiger partial charge in [0.05, 0.1) is 17.4 Å². The normalized spacial score (nSPS) is 28.1. The lowest BCUT2D eigenvalue weighted by Crippen LogP contribution is -2.53. The number of hydrogen-bond acceptors (Lipinski definition) is 3. The van der Waals surface area contributed by atoms with Gasteiger partial charge in [-0.15, -0.1) is 0 Å². The van der Waals surface area contributed by atoms with Gasteiger partial charge in [0.15, 0.2) is 0 Å². The van der Waals surface area contributed by atoms with Crippen LogP contribution in [-0.2, 0) is 4.74 Å². The Balaban J connectivity index is 1.51. The molecule has 3 heterocycles. The summed E-state index contributed by atoms with van der Waals surface area (Å²) in [6, 6.07) is 3.98. The number of nitrogens with one attached hydrogen (secondary N) is 1. The zero-order valence-corrected chi connectivity index (χ0v) is 11.4. The van der Waals surface area contributed by atoms with Crippen LogP contribution < -0.4 is 5.32 Å². The molecule has 0 aromatic carbocycles. The number of aromatic nitrogens is 2. The number of hydrogen-bond donors (Lipinski definition) is 1. The molecule has 0 radical (unpaired) electrons. The predicted octanol–water partition coefficient (Wildman–Crippen LogP) is 1.55. The molecule has 0 bridgehead atoms. The van der Waals surface area contributed by atoms with E-state index in [-0.39, 0.29) is 11.9 Å². The number of pyridine rings is 1. The second-order valence-electron chi connectivity index (χ2n) is 5.74. The van der Waals surface area contributed by atoms with Crippen LogP contribution >= 0.6 is 0 Å². The van der Waals surface area contributed by atoms with Gasteiger partial charge in [-0.05, 0) is 31.9 Å². The van der Waals surface area contributed by atoms with Crippen LogP contribution in [0.4, 0.5) is 0 Å². The maximum absolute atomic E-state index is 12.3. The van der Waals surface area contributed by atoms with E-state index >= 15 is 0 Å². The number of nitrogens with zero attached hydrogens (tertiary/aromatic N) is 2. The van der Waals surface area contributed by atoms with Gasteiger partial charge < -0.3 is 14.5 Å². The monoisotopic (exact) mass is 271 g/mol. The summed E-state index contributed by atoms with van der Waals surface area (Å²) in [6.07, 6.45) is 6.15. The summed E-state index contributed by atoms with van der Waals surface area (Å²) in [4.78, 5) is 16.7. The van der Waals surface area contributed by atoms with E-state index in [9.17, 15) is 4.79 Å². The van der Waals surface area contributed by atoms with Gasteiger partial charge in [0, 0.05) is 31.0 Å². The predicted molar refractivity (Wildman–Crippen MR) is 73.6 cm³/mol. The first-order chi connectivity index (χ1) is 9.70. The SMILES string of the molecule is Cc1cn2cc(C(=O)N[C@H]3C[C@@H]4OCC[C@H]34)ccc2n1. The van der Waals surface area contributed by atoms with Crippen molar-refractivity contribution >= 4 is 11.6 Å². The number of imidazole rings is 1. The highest BCUT2D eigenvalue weighted by molar-refractivity contribution is 5.94. The average molecular weight is 271 g/mol. The molecule has 4 rings (SSSR count). The third-order valence-electron chi connectivity index (χ3n) is 4.41. The van der Waals surface area contributed by atoms with E-state index in [1.165, 1.54) is 0 Å². The Labute approximate surface area is 117 Å². The lowest BCUT2D eigenvalue weighted by Gasteiger charge is -2.39. The first kappa shape index (κ1) is 11.9. The van der Waals surface area contributed by atoms with Crippen molar-refractivity contribution in [2.45, 2.75) is 31.9 Å². The molecule has 1 saturated carbocycles. The Morgan fingerprint density at radius 1 is 1.45 bits per heavy atom. The van der Waals surface area contributed by atoms with E-state index in [4.69, 9.17) is 4.74 Å². The van der Waals surface area contributed by atoms with Crippen molar-refractivity contribution < 1.29 is 9.53 Å². The van der Waals surface area contributed by atoms with E-state index in [0.717, 1.165) is 30.8 Å². The van der Waals surface area contributed by atoms with Gasteiger partial charge in [-0.3, -0.25) is 4.79 Å². The molecule has 5 heteroatoms. The third-order valence-corrected chi connectivity index (χ3v) is 4.41. The Hall–Kier alpha value is -1.88. The summed E-state index contributed by atoms with van der Waals surface area (Å²) in [5.74, 6) is 0.506. The molecular formula is C15H17N3O2. The van der Waals surface area contributed by atoms with E-state index < -0.39 is 0 Å². The van der Waals surface area contributed by atoms with Gasteiger partial charge in [-0.25, -0.2) is 4.98 Å². The number of carbonyl (C=O) groups excluding carboxylic acids is 1. The fourth-order valence-corrected chi connectivity index (χ4v) is 3.27. The standard InChI is InChI=1S/C15H17N3O2/c1-9-7-18-8-10(2-3-14(18)16-9)15(19)17-12-6-13-11(12)4-5-20-13/h2-3,7-8,11-13H,4-6H2,1H3,(H,17,19)/t11-,12+,13+/m1/s1. The van der Waals surface area contributed by atoms with E-state index in [1.54, 1.807) is 0 Å². The molecule has 1 saturated heterocycles. The van der Waals surface area contributed by atoms with Gasteiger partial charge in [0.2, 0.25) is 0 Å². The molecule has 1 amide bonds. The van der Waals surface area contributed by atoms with Crippen LogP contribution in [0.5, 0.6) is 0 Å². The Morgan fingerprint density at radius 2 is 2.35 bits per heavy atom. The first-order valence-corrected chi connectivity index (χ1v) is 7.08. The molecule has 1 N–H and O–H groups in total. The minimum Gasteiger partial charge on any atom is -0.378 e. The number of ether oxygens (including phenoxy) is 1. The summed E-state index contributed by atoms with van der Waals surface area (Å²) in [5, 5.41) is 3.12. The van der Waals surface area contributed by atoms with Crippen LogP contribution in [0, 0.1) is 12.8 Å². The van der Waals surface area contributed by atoms with Crippen molar-refractivity contribution in [3.8, 4) is 0 Å². The molecule has 0 spiro atoms. The second-order valence-corrected chi connectivity index (χ2v) is 5.74. The van der Waals surface area contributed by atoms with Crippen LogP contribution in [0.2, 0.25) is 0 Å². The van der Waals surface area contributed by atoms with Crippen LogP contribution in [0.3, 0.4) is 0 Å². The second kappa shape index (κ2) is 4.31. The van der Waals surface area contributed by atoms with Gasteiger partial charge in [-0.2, -0.15) is 0 Å². The minimum atomic E-state index is -0.00592. The zero-order chi connectivity index (χ0) is 13.7. The highest BCUT2D eigenvalue weighted by atomic mass is 16.5. The van der Waals surface area contributed by atoms with Crippen molar-refractivity contribution in [2.24, 2.45) is 5.92 Å². The molecule has 1 aliphatic carbocycles. The molecule has 2 aromatic rings. The third kappa shape index (κ3) is 1.81. The molecule has 3 atom stereocenters. The molecule has 2 fully saturated rings. The van der Waals surface area contributed by atoms with Gasteiger partial charge in [0.1, 0.15) is 5.65 Å². The van der Waals surface area contributed by atoms with Crippen molar-refractivity contribution in [2.75, 3.05) is 6.61 Å². The number of carbonyl (C=O) groups is 1. The Kier molecular flexibility index (Phi) is 2.57. The smallest absolute Gasteiger partial charge is 0.253 e. The summed E-state index contributed by atoms with van der Waals surface area (Å²) in [6.45, 7) is 2.78. The van der Waals surface area contributed by atoms with E-state index in [0.29, 0.717) is 17.6 Å². The molecule has 1 aliphatic heterocycles. The highest BCUT2D eigenvalue weighted by Gasteiger charge is 2.45. The van der Waals surface area contributed by atoms with E-state index in [1.807, 2.05) is 35.9 Å². The summed E-state index contributed by atoms with van der Waals surface area (Å²) in [7, 11) is 0. The van der Waals surface area contributed by atoms with Gasteiger partial charge in [-0.1, -0.05) is 0 Å². The number of rotatable bonds is 2. The van der Waals surface area contributed by atoms with Crippen molar-refractivity contribution in [1.29, 1.82) is 0 Å². The molecule has 20 heavy (non-hydrogen) atoms. The fraction of sp³-hybridized carbons (Fsp3) is 0.467. The highest BCUT2D eigenvalue weighted by Crippen LogP contribution is 2.38. The van der Waals surface area contributed by atoms with Crippen LogP contribution in [-0.4, -0.2) is 34.0 Å². The summed E-state index contributed by atoms with van der Waals surface area (Å²) >= 11 is 0. The lowest BCUT2D eigenvalue weighted by molar-refractivity contribution is 0.00809. The Morgan fingerprint density at radius 3 is 3.20 bits per heavy atom. The molecule has 5 nitrogen and oxygen atoms in total. The fourth-order valence-electron chi connectivity index (χ4n) is 3.27. The molecule has 0 unspecified atom stereocenters. The van der Waals surface area contributed by atoms with Crippen molar-refractivity contribution in [3.05, 3.63) is 35.8 Å². The number of fused-ring (bicyclic) bond motifs is 2.